The lowest BCUT2D eigenvalue weighted by Gasteiger charge is -2.44. The Labute approximate surface area is 232 Å². The molecule has 0 bridgehead atoms. The molecule has 4 rings (SSSR count). The number of carbonyl (C=O) groups is 3. The van der Waals surface area contributed by atoms with Crippen molar-refractivity contribution in [2.75, 3.05) is 54.0 Å². The number of piperidine rings is 1. The number of benzene rings is 2. The molecule has 1 atom stereocenters. The van der Waals surface area contributed by atoms with Crippen LogP contribution in [-0.2, 0) is 9.53 Å². The predicted octanol–water partition coefficient (Wildman–Crippen LogP) is 3.15. The maximum absolute atomic E-state index is 13.9. The fraction of sp³-hybridized carbons (Fsp3) is 0.444. The molecule has 0 radical (unpaired) electrons. The van der Waals surface area contributed by atoms with E-state index < -0.39 is 11.8 Å². The van der Waals surface area contributed by atoms with E-state index in [0.717, 1.165) is 0 Å². The first-order valence-electron chi connectivity index (χ1n) is 12.4. The second-order valence-corrected chi connectivity index (χ2v) is 10.5. The molecule has 9 nitrogen and oxygen atoms in total. The average molecular weight is 563 g/mol. The number of amides is 3. The van der Waals surface area contributed by atoms with Crippen molar-refractivity contribution in [1.82, 2.24) is 20.0 Å². The Hall–Kier alpha value is -2.85. The normalized spacial score (nSPS) is 18.6. The van der Waals surface area contributed by atoms with Gasteiger partial charge >= 0.3 is 0 Å². The number of methoxy groups -OCH3 is 1. The van der Waals surface area contributed by atoms with Crippen LogP contribution in [0, 0.1) is 0 Å². The minimum atomic E-state index is -1.02. The molecule has 2 aromatic carbocycles. The lowest BCUT2D eigenvalue weighted by molar-refractivity contribution is -0.128. The SMILES string of the molecule is COc1cccc(C(=O)N2[C@H](C(=O)NCCN(C)C)COC23CCN(C(=O)c2ccc(Cl)c(Cl)c2)CC3)c1. The van der Waals surface area contributed by atoms with E-state index in [1.807, 2.05) is 19.0 Å². The maximum atomic E-state index is 13.9. The third-order valence-corrected chi connectivity index (χ3v) is 7.69. The number of carbonyl (C=O) groups excluding carboxylic acids is 3. The summed E-state index contributed by atoms with van der Waals surface area (Å²) in [6.45, 7) is 1.87. The first-order valence-corrected chi connectivity index (χ1v) is 13.2. The third-order valence-electron chi connectivity index (χ3n) is 6.96. The van der Waals surface area contributed by atoms with E-state index in [2.05, 4.69) is 5.32 Å². The molecule has 3 amide bonds. The Morgan fingerprint density at radius 2 is 1.76 bits per heavy atom. The van der Waals surface area contributed by atoms with Gasteiger partial charge in [0.1, 0.15) is 17.5 Å². The van der Waals surface area contributed by atoms with Crippen LogP contribution in [0.4, 0.5) is 0 Å². The van der Waals surface area contributed by atoms with E-state index in [-0.39, 0.29) is 24.3 Å². The second-order valence-electron chi connectivity index (χ2n) is 9.70. The highest BCUT2D eigenvalue weighted by molar-refractivity contribution is 6.42. The number of rotatable bonds is 7. The summed E-state index contributed by atoms with van der Waals surface area (Å²) in [6.07, 6.45) is 0.717. The lowest BCUT2D eigenvalue weighted by atomic mass is 9.96. The largest absolute Gasteiger partial charge is 0.497 e. The number of likely N-dealkylation sites (N-methyl/N-ethyl adjacent to an activating group) is 1. The summed E-state index contributed by atoms with van der Waals surface area (Å²) >= 11 is 12.1. The number of halogens is 2. The van der Waals surface area contributed by atoms with Gasteiger partial charge in [-0.2, -0.15) is 0 Å². The van der Waals surface area contributed by atoms with Gasteiger partial charge in [-0.05, 0) is 50.5 Å². The summed E-state index contributed by atoms with van der Waals surface area (Å²) in [7, 11) is 5.38. The van der Waals surface area contributed by atoms with Crippen LogP contribution >= 0.6 is 23.2 Å². The number of nitrogens with zero attached hydrogens (tertiary/aromatic N) is 3. The van der Waals surface area contributed by atoms with Gasteiger partial charge in [-0.1, -0.05) is 29.3 Å². The van der Waals surface area contributed by atoms with Gasteiger partial charge in [0.05, 0.1) is 23.8 Å². The lowest BCUT2D eigenvalue weighted by Crippen LogP contribution is -2.60. The van der Waals surface area contributed by atoms with E-state index in [0.29, 0.717) is 65.9 Å². The van der Waals surface area contributed by atoms with Crippen molar-refractivity contribution in [1.29, 1.82) is 0 Å². The average Bonchev–Trinajstić information content (AvgIpc) is 3.28. The highest BCUT2D eigenvalue weighted by atomic mass is 35.5. The van der Waals surface area contributed by atoms with Crippen LogP contribution < -0.4 is 10.1 Å². The summed E-state index contributed by atoms with van der Waals surface area (Å²) in [5.74, 6) is -0.230. The zero-order valence-corrected chi connectivity index (χ0v) is 23.2. The van der Waals surface area contributed by atoms with Crippen molar-refractivity contribution < 1.29 is 23.9 Å². The Morgan fingerprint density at radius 1 is 1.05 bits per heavy atom. The Bertz CT molecular complexity index is 1200. The summed E-state index contributed by atoms with van der Waals surface area (Å²) in [4.78, 5) is 45.5. The van der Waals surface area contributed by atoms with E-state index in [9.17, 15) is 14.4 Å². The van der Waals surface area contributed by atoms with Gasteiger partial charge in [-0.3, -0.25) is 19.3 Å². The van der Waals surface area contributed by atoms with Crippen molar-refractivity contribution in [3.63, 3.8) is 0 Å². The van der Waals surface area contributed by atoms with E-state index >= 15 is 0 Å². The molecule has 38 heavy (non-hydrogen) atoms. The number of nitrogens with one attached hydrogen (secondary N) is 1. The molecule has 204 valence electrons. The zero-order valence-electron chi connectivity index (χ0n) is 21.7. The van der Waals surface area contributed by atoms with Crippen LogP contribution in [0.1, 0.15) is 33.6 Å². The molecule has 0 unspecified atom stereocenters. The molecular formula is C27H32Cl2N4O5. The van der Waals surface area contributed by atoms with Crippen LogP contribution in [0.3, 0.4) is 0 Å². The second kappa shape index (κ2) is 11.9. The van der Waals surface area contributed by atoms with Gasteiger partial charge in [-0.15, -0.1) is 0 Å². The van der Waals surface area contributed by atoms with Crippen molar-refractivity contribution in [2.24, 2.45) is 0 Å². The molecule has 0 aliphatic carbocycles. The van der Waals surface area contributed by atoms with Gasteiger partial charge in [0.25, 0.3) is 11.8 Å². The molecule has 2 aliphatic heterocycles. The van der Waals surface area contributed by atoms with Crippen LogP contribution in [0.15, 0.2) is 42.5 Å². The van der Waals surface area contributed by atoms with Crippen molar-refractivity contribution in [3.8, 4) is 5.75 Å². The van der Waals surface area contributed by atoms with E-state index in [4.69, 9.17) is 32.7 Å². The molecule has 1 spiro atoms. The van der Waals surface area contributed by atoms with Crippen molar-refractivity contribution in [3.05, 3.63) is 63.6 Å². The number of hydrogen-bond acceptors (Lipinski definition) is 6. The Morgan fingerprint density at radius 3 is 2.42 bits per heavy atom. The van der Waals surface area contributed by atoms with E-state index in [1.54, 1.807) is 52.3 Å². The molecule has 2 heterocycles. The van der Waals surface area contributed by atoms with Crippen LogP contribution in [-0.4, -0.2) is 98.2 Å². The van der Waals surface area contributed by atoms with Gasteiger partial charge in [0, 0.05) is 50.1 Å². The van der Waals surface area contributed by atoms with Gasteiger partial charge in [0.2, 0.25) is 5.91 Å². The monoisotopic (exact) mass is 562 g/mol. The highest BCUT2D eigenvalue weighted by Crippen LogP contribution is 2.39. The van der Waals surface area contributed by atoms with Crippen LogP contribution in [0.25, 0.3) is 0 Å². The minimum absolute atomic E-state index is 0.0737. The standard InChI is InChI=1S/C27H32Cl2N4O5/c1-31(2)14-11-30-24(34)23-17-38-27(33(23)26(36)18-5-4-6-20(15-18)37-3)9-12-32(13-10-27)25(35)19-7-8-21(28)22(29)16-19/h4-8,15-16,23H,9-14,17H2,1-3H3,(H,30,34)/t23-/m0/s1. The van der Waals surface area contributed by atoms with Gasteiger partial charge < -0.3 is 24.6 Å². The van der Waals surface area contributed by atoms with Crippen LogP contribution in [0.5, 0.6) is 5.75 Å². The third kappa shape index (κ3) is 5.91. The Balaban J connectivity index is 1.56. The molecule has 2 saturated heterocycles. The molecule has 11 heteroatoms. The summed E-state index contributed by atoms with van der Waals surface area (Å²) < 4.78 is 11.6. The molecule has 2 aromatic rings. The molecule has 2 fully saturated rings. The summed E-state index contributed by atoms with van der Waals surface area (Å²) in [5.41, 5.74) is -0.183. The highest BCUT2D eigenvalue weighted by Gasteiger charge is 2.54. The van der Waals surface area contributed by atoms with Crippen LogP contribution in [0.2, 0.25) is 10.0 Å². The molecule has 0 saturated carbocycles. The summed E-state index contributed by atoms with van der Waals surface area (Å²) in [5, 5.41) is 3.61. The summed E-state index contributed by atoms with van der Waals surface area (Å²) in [6, 6.07) is 10.8. The number of likely N-dealkylation sites (tertiary alicyclic amines) is 1. The number of hydrogen-bond donors (Lipinski definition) is 1. The molecular weight excluding hydrogens is 531 g/mol. The first-order chi connectivity index (χ1) is 18.1. The fourth-order valence-corrected chi connectivity index (χ4v) is 5.15. The van der Waals surface area contributed by atoms with Gasteiger partial charge in [-0.25, -0.2) is 0 Å². The quantitative estimate of drug-likeness (QED) is 0.557. The Kier molecular flexibility index (Phi) is 8.82. The number of ether oxygens (including phenoxy) is 2. The maximum Gasteiger partial charge on any atom is 0.257 e. The predicted molar refractivity (Wildman–Crippen MR) is 145 cm³/mol. The van der Waals surface area contributed by atoms with E-state index in [1.165, 1.54) is 7.11 Å². The van der Waals surface area contributed by atoms with Gasteiger partial charge in [0.15, 0.2) is 0 Å². The smallest absolute Gasteiger partial charge is 0.257 e. The van der Waals surface area contributed by atoms with Crippen molar-refractivity contribution in [2.45, 2.75) is 24.6 Å². The first kappa shape index (κ1) is 28.2. The zero-order chi connectivity index (χ0) is 27.4. The topological polar surface area (TPSA) is 91.4 Å². The fourth-order valence-electron chi connectivity index (χ4n) is 4.85. The molecule has 1 N–H and O–H groups in total. The van der Waals surface area contributed by atoms with Crippen molar-refractivity contribution >= 4 is 40.9 Å². The molecule has 0 aromatic heterocycles. The minimum Gasteiger partial charge on any atom is -0.497 e. The molecule has 2 aliphatic rings.